The van der Waals surface area contributed by atoms with Crippen molar-refractivity contribution in [3.05, 3.63) is 96.0 Å². The lowest BCUT2D eigenvalue weighted by Gasteiger charge is -2.39. The summed E-state index contributed by atoms with van der Waals surface area (Å²) in [7, 11) is 0. The van der Waals surface area contributed by atoms with E-state index < -0.39 is 0 Å². The number of aromatic nitrogens is 5. The van der Waals surface area contributed by atoms with E-state index in [2.05, 4.69) is 81.9 Å². The highest BCUT2D eigenvalue weighted by atomic mass is 16.5. The number of pyridine rings is 1. The molecule has 3 aromatic heterocycles. The van der Waals surface area contributed by atoms with E-state index in [4.69, 9.17) is 9.51 Å². The first-order chi connectivity index (χ1) is 29.6. The third-order valence-electron chi connectivity index (χ3n) is 12.6. The number of rotatable bonds is 12. The van der Waals surface area contributed by atoms with E-state index in [0.29, 0.717) is 30.5 Å². The van der Waals surface area contributed by atoms with Crippen LogP contribution in [0.4, 0.5) is 33.5 Å². The third kappa shape index (κ3) is 9.04. The number of nitrogens with one attached hydrogen (secondary N) is 3. The van der Waals surface area contributed by atoms with E-state index in [9.17, 15) is 14.4 Å². The zero-order chi connectivity index (χ0) is 42.1. The second kappa shape index (κ2) is 16.9. The first-order valence-corrected chi connectivity index (χ1v) is 21.3. The predicted octanol–water partition coefficient (Wildman–Crippen LogP) is 6.00. The number of aryl methyl sites for hydroxylation is 1. The van der Waals surface area contributed by atoms with Crippen LogP contribution in [-0.4, -0.2) is 100 Å². The minimum absolute atomic E-state index is 0.0105. The fourth-order valence-electron chi connectivity index (χ4n) is 8.56. The molecule has 0 bridgehead atoms. The van der Waals surface area contributed by atoms with Gasteiger partial charge in [0.1, 0.15) is 18.0 Å². The van der Waals surface area contributed by atoms with Gasteiger partial charge >= 0.3 is 17.8 Å². The van der Waals surface area contributed by atoms with Crippen molar-refractivity contribution in [2.24, 2.45) is 5.92 Å². The maximum absolute atomic E-state index is 12.9. The zero-order valence-corrected chi connectivity index (χ0v) is 34.9. The SMILES string of the molecule is Cc1cc(-c2cc(Nc3ccc(N4CCN(CC5CCN(c6ccc(N7CCC(=O)NC7=O)cc6)CC5)CC4)nc3)ncn2)ccc1C(C)NC(=O)c1nc(C2(C)CC2)no1. The first kappa shape index (κ1) is 40.0. The molecule has 6 heterocycles. The highest BCUT2D eigenvalue weighted by Crippen LogP contribution is 2.46. The molecule has 0 spiro atoms. The Balaban J connectivity index is 0.722. The van der Waals surface area contributed by atoms with Gasteiger partial charge in [0.05, 0.1) is 23.6 Å². The van der Waals surface area contributed by atoms with Gasteiger partial charge < -0.3 is 25.0 Å². The zero-order valence-electron chi connectivity index (χ0n) is 34.9. The number of benzene rings is 2. The molecule has 16 nitrogen and oxygen atoms in total. The molecule has 2 aromatic carbocycles. The number of urea groups is 1. The molecule has 3 N–H and O–H groups in total. The summed E-state index contributed by atoms with van der Waals surface area (Å²) in [4.78, 5) is 63.8. The number of carbonyl (C=O) groups excluding carboxylic acids is 3. The Labute approximate surface area is 355 Å². The quantitative estimate of drug-likeness (QED) is 0.134. The van der Waals surface area contributed by atoms with Crippen molar-refractivity contribution in [1.82, 2.24) is 40.6 Å². The van der Waals surface area contributed by atoms with Crippen LogP contribution in [0.25, 0.3) is 11.3 Å². The molecule has 4 amide bonds. The molecule has 9 rings (SSSR count). The van der Waals surface area contributed by atoms with E-state index in [1.807, 2.05) is 56.4 Å². The van der Waals surface area contributed by atoms with Crippen LogP contribution in [0.5, 0.6) is 0 Å². The van der Waals surface area contributed by atoms with Crippen LogP contribution in [0.2, 0.25) is 0 Å². The van der Waals surface area contributed by atoms with Crippen molar-refractivity contribution in [2.45, 2.75) is 64.3 Å². The summed E-state index contributed by atoms with van der Waals surface area (Å²) < 4.78 is 5.26. The van der Waals surface area contributed by atoms with E-state index in [-0.39, 0.29) is 35.2 Å². The van der Waals surface area contributed by atoms with Crippen molar-refractivity contribution in [2.75, 3.05) is 72.4 Å². The Bertz CT molecular complexity index is 2380. The van der Waals surface area contributed by atoms with Gasteiger partial charge in [0.2, 0.25) is 5.91 Å². The number of piperidine rings is 1. The molecule has 1 unspecified atom stereocenters. The summed E-state index contributed by atoms with van der Waals surface area (Å²) >= 11 is 0. The van der Waals surface area contributed by atoms with Crippen LogP contribution in [0.1, 0.15) is 79.6 Å². The topological polar surface area (TPSA) is 178 Å². The molecule has 1 atom stereocenters. The lowest BCUT2D eigenvalue weighted by molar-refractivity contribution is -0.120. The Morgan fingerprint density at radius 2 is 1.67 bits per heavy atom. The van der Waals surface area contributed by atoms with E-state index >= 15 is 0 Å². The molecule has 316 valence electrons. The van der Waals surface area contributed by atoms with E-state index in [0.717, 1.165) is 111 Å². The number of piperazine rings is 1. The van der Waals surface area contributed by atoms with Crippen LogP contribution in [0.3, 0.4) is 0 Å². The monoisotopic (exact) mass is 824 g/mol. The van der Waals surface area contributed by atoms with Crippen molar-refractivity contribution in [3.8, 4) is 11.3 Å². The van der Waals surface area contributed by atoms with Gasteiger partial charge in [-0.25, -0.2) is 19.7 Å². The number of anilines is 5. The predicted molar refractivity (Wildman–Crippen MR) is 232 cm³/mol. The highest BCUT2D eigenvalue weighted by molar-refractivity contribution is 6.05. The molecular formula is C45H52N12O4. The van der Waals surface area contributed by atoms with E-state index in [1.165, 1.54) is 5.69 Å². The summed E-state index contributed by atoms with van der Waals surface area (Å²) in [5.41, 5.74) is 6.48. The van der Waals surface area contributed by atoms with E-state index in [1.54, 1.807) is 11.2 Å². The highest BCUT2D eigenvalue weighted by Gasteiger charge is 2.44. The third-order valence-corrected chi connectivity index (χ3v) is 12.6. The van der Waals surface area contributed by atoms with Crippen molar-refractivity contribution >= 4 is 46.5 Å². The molecule has 61 heavy (non-hydrogen) atoms. The summed E-state index contributed by atoms with van der Waals surface area (Å²) in [6.45, 7) is 13.5. The van der Waals surface area contributed by atoms with Crippen LogP contribution in [0.15, 0.2) is 77.7 Å². The maximum Gasteiger partial charge on any atom is 0.328 e. The van der Waals surface area contributed by atoms with Crippen LogP contribution >= 0.6 is 0 Å². The standard InChI is InChI=1S/C45H52N12O4/c1-29-24-32(4-10-36(29)30(2)49-41(59)42-52-43(53-61-42)45(3)15-16-45)37-25-38(48-28-47-37)50-33-5-11-39(46-26-33)56-22-20-54(21-23-56)27-31-12-17-55(18-13-31)34-6-8-35(9-7-34)57-19-14-40(58)51-44(57)60/h4-11,24-26,28,30-31H,12-23,27H2,1-3H3,(H,49,59)(H,47,48,50)(H,51,58,60). The summed E-state index contributed by atoms with van der Waals surface area (Å²) in [5.74, 6) is 2.29. The first-order valence-electron chi connectivity index (χ1n) is 21.3. The molecule has 4 fully saturated rings. The molecule has 1 saturated carbocycles. The lowest BCUT2D eigenvalue weighted by atomic mass is 9.95. The van der Waals surface area contributed by atoms with Gasteiger partial charge in [0, 0.05) is 87.2 Å². The minimum Gasteiger partial charge on any atom is -0.372 e. The van der Waals surface area contributed by atoms with Crippen molar-refractivity contribution in [3.63, 3.8) is 0 Å². The molecule has 3 aliphatic heterocycles. The van der Waals surface area contributed by atoms with Gasteiger partial charge in [-0.2, -0.15) is 4.98 Å². The molecule has 3 saturated heterocycles. The molecule has 16 heteroatoms. The minimum atomic E-state index is -0.384. The Morgan fingerprint density at radius 3 is 2.38 bits per heavy atom. The lowest BCUT2D eigenvalue weighted by Crippen LogP contribution is -2.49. The summed E-state index contributed by atoms with van der Waals surface area (Å²) in [6.07, 6.45) is 8.04. The number of hydrogen-bond acceptors (Lipinski definition) is 13. The van der Waals surface area contributed by atoms with Gasteiger partial charge in [-0.1, -0.05) is 24.2 Å². The Kier molecular flexibility index (Phi) is 11.1. The van der Waals surface area contributed by atoms with Gasteiger partial charge in [-0.05, 0) is 99.0 Å². The van der Waals surface area contributed by atoms with Crippen LogP contribution in [-0.2, 0) is 10.2 Å². The van der Waals surface area contributed by atoms with Crippen LogP contribution in [0, 0.1) is 12.8 Å². The van der Waals surface area contributed by atoms with Crippen molar-refractivity contribution < 1.29 is 18.9 Å². The number of nitrogens with zero attached hydrogens (tertiary/aromatic N) is 9. The number of imide groups is 1. The number of hydrogen-bond donors (Lipinski definition) is 3. The molecule has 5 aromatic rings. The fourth-order valence-corrected chi connectivity index (χ4v) is 8.56. The fraction of sp³-hybridized carbons (Fsp3) is 0.422. The second-order valence-corrected chi connectivity index (χ2v) is 17.1. The number of amides is 4. The second-order valence-electron chi connectivity index (χ2n) is 17.1. The largest absolute Gasteiger partial charge is 0.372 e. The maximum atomic E-state index is 12.9. The Hall–Kier alpha value is -6.42. The smallest absolute Gasteiger partial charge is 0.328 e. The van der Waals surface area contributed by atoms with Gasteiger partial charge in [-0.15, -0.1) is 0 Å². The molecule has 0 radical (unpaired) electrons. The van der Waals surface area contributed by atoms with Crippen LogP contribution < -0.4 is 30.7 Å². The summed E-state index contributed by atoms with van der Waals surface area (Å²) in [5, 5.41) is 12.8. The molecule has 1 aliphatic carbocycles. The van der Waals surface area contributed by atoms with Gasteiger partial charge in [0.25, 0.3) is 0 Å². The molecule has 4 aliphatic rings. The normalized spacial score (nSPS) is 18.8. The van der Waals surface area contributed by atoms with Gasteiger partial charge in [-0.3, -0.25) is 24.7 Å². The van der Waals surface area contributed by atoms with Gasteiger partial charge in [0.15, 0.2) is 5.82 Å². The van der Waals surface area contributed by atoms with Crippen molar-refractivity contribution in [1.29, 1.82) is 0 Å². The Morgan fingerprint density at radius 1 is 0.902 bits per heavy atom. The average Bonchev–Trinajstić information content (AvgIpc) is 3.81. The summed E-state index contributed by atoms with van der Waals surface area (Å²) in [6, 6.07) is 19.6. The average molecular weight is 825 g/mol. The molecular weight excluding hydrogens is 773 g/mol. The number of carbonyl (C=O) groups is 3.